The summed E-state index contributed by atoms with van der Waals surface area (Å²) in [5, 5.41) is 11.6. The summed E-state index contributed by atoms with van der Waals surface area (Å²) in [6.45, 7) is 4.03. The Morgan fingerprint density at radius 2 is 1.94 bits per heavy atom. The van der Waals surface area contributed by atoms with Gasteiger partial charge in [-0.1, -0.05) is 0 Å². The first kappa shape index (κ1) is 24.2. The van der Waals surface area contributed by atoms with E-state index in [-0.39, 0.29) is 27.7 Å². The normalized spacial score (nSPS) is 11.5. The summed E-state index contributed by atoms with van der Waals surface area (Å²) in [6, 6.07) is 1.26. The number of aryl methyl sites for hydroxylation is 2. The zero-order valence-electron chi connectivity index (χ0n) is 18.4. The molecule has 0 aromatic carbocycles. The summed E-state index contributed by atoms with van der Waals surface area (Å²) >= 11 is 3.03. The number of pyridine rings is 1. The molecule has 3 N–H and O–H groups in total. The lowest BCUT2D eigenvalue weighted by Crippen LogP contribution is -2.18. The maximum absolute atomic E-state index is 13.6. The lowest BCUT2D eigenvalue weighted by molar-refractivity contribution is -0.116. The van der Waals surface area contributed by atoms with E-state index in [1.165, 1.54) is 6.07 Å². The van der Waals surface area contributed by atoms with E-state index in [9.17, 15) is 18.4 Å². The number of fused-ring (bicyclic) bond motifs is 1. The van der Waals surface area contributed by atoms with E-state index in [0.717, 1.165) is 26.3 Å². The highest BCUT2D eigenvalue weighted by Gasteiger charge is 2.26. The summed E-state index contributed by atoms with van der Waals surface area (Å²) in [6.07, 6.45) is 0.518. The van der Waals surface area contributed by atoms with Gasteiger partial charge < -0.3 is 11.1 Å². The Balaban J connectivity index is 1.80. The molecule has 0 fully saturated rings. The number of carbonyl (C=O) groups excluding carboxylic acids is 2. The molecule has 0 radical (unpaired) electrons. The molecule has 0 aliphatic rings. The third-order valence-electron chi connectivity index (χ3n) is 5.51. The first-order chi connectivity index (χ1) is 16.1. The average Bonchev–Trinajstić information content (AvgIpc) is 3.42. The number of amides is 2. The number of hydrogen-bond acceptors (Lipinski definition) is 6. The van der Waals surface area contributed by atoms with Gasteiger partial charge in [0.1, 0.15) is 15.4 Å². The molecule has 0 atom stereocenters. The number of nitrogens with one attached hydrogen (secondary N) is 1. The fraction of sp³-hybridized carbons (Fsp3) is 0.286. The molecule has 178 valence electrons. The quantitative estimate of drug-likeness (QED) is 0.309. The molecule has 2 amide bonds. The van der Waals surface area contributed by atoms with Crippen molar-refractivity contribution in [1.29, 1.82) is 0 Å². The van der Waals surface area contributed by atoms with E-state index in [1.807, 2.05) is 6.92 Å². The van der Waals surface area contributed by atoms with Gasteiger partial charge in [0.05, 0.1) is 28.2 Å². The van der Waals surface area contributed by atoms with Crippen molar-refractivity contribution < 1.29 is 18.4 Å². The molecule has 0 bridgehead atoms. The topological polar surface area (TPSA) is 121 Å². The highest BCUT2D eigenvalue weighted by molar-refractivity contribution is 14.1. The van der Waals surface area contributed by atoms with Gasteiger partial charge in [0.2, 0.25) is 5.91 Å². The van der Waals surface area contributed by atoms with Crippen molar-refractivity contribution in [2.45, 2.75) is 33.2 Å². The smallest absolute Gasteiger partial charge is 0.280 e. The van der Waals surface area contributed by atoms with E-state index in [1.54, 1.807) is 35.7 Å². The van der Waals surface area contributed by atoms with Gasteiger partial charge in [-0.3, -0.25) is 19.0 Å². The zero-order chi connectivity index (χ0) is 24.7. The van der Waals surface area contributed by atoms with Gasteiger partial charge in [0, 0.05) is 35.8 Å². The average molecular weight is 599 g/mol. The van der Waals surface area contributed by atoms with E-state index < -0.39 is 18.0 Å². The van der Waals surface area contributed by atoms with Gasteiger partial charge in [-0.05, 0) is 48.1 Å². The van der Waals surface area contributed by atoms with Crippen LogP contribution >= 0.6 is 33.9 Å². The van der Waals surface area contributed by atoms with Gasteiger partial charge in [0.25, 0.3) is 12.3 Å². The third-order valence-corrected chi connectivity index (χ3v) is 7.67. The summed E-state index contributed by atoms with van der Waals surface area (Å²) in [7, 11) is 1.73. The van der Waals surface area contributed by atoms with Gasteiger partial charge >= 0.3 is 0 Å². The van der Waals surface area contributed by atoms with Crippen molar-refractivity contribution in [3.8, 4) is 11.1 Å². The Hall–Kier alpha value is -2.94. The molecule has 9 nitrogen and oxygen atoms in total. The van der Waals surface area contributed by atoms with Crippen LogP contribution < -0.4 is 11.1 Å². The van der Waals surface area contributed by atoms with E-state index in [0.29, 0.717) is 23.1 Å². The Morgan fingerprint density at radius 3 is 2.50 bits per heavy atom. The molecular formula is C21H20F2IN7O2S. The number of nitrogens with zero attached hydrogens (tertiary/aromatic N) is 5. The van der Waals surface area contributed by atoms with Crippen LogP contribution in [0.25, 0.3) is 21.3 Å². The minimum absolute atomic E-state index is 0.0369. The molecule has 0 unspecified atom stereocenters. The van der Waals surface area contributed by atoms with Gasteiger partial charge in [-0.25, -0.2) is 13.8 Å². The predicted molar refractivity (Wildman–Crippen MR) is 133 cm³/mol. The number of anilines is 1. The number of aromatic nitrogens is 5. The summed E-state index contributed by atoms with van der Waals surface area (Å²) in [5.74, 6) is -1.16. The van der Waals surface area contributed by atoms with Gasteiger partial charge in [0.15, 0.2) is 0 Å². The van der Waals surface area contributed by atoms with E-state index in [4.69, 9.17) is 5.73 Å². The van der Waals surface area contributed by atoms with E-state index >= 15 is 0 Å². The molecule has 4 heterocycles. The SMILES string of the molecule is Cc1c(-c2cc(C(F)F)nc3sc(C(N)=O)c(NC(=O)CCn4ncc(I)c4C)c23)cnn1C. The highest BCUT2D eigenvalue weighted by atomic mass is 127. The molecule has 0 saturated carbocycles. The fourth-order valence-electron chi connectivity index (χ4n) is 3.56. The number of hydrogen-bond donors (Lipinski definition) is 2. The Labute approximate surface area is 210 Å². The van der Waals surface area contributed by atoms with Crippen LogP contribution in [0, 0.1) is 17.4 Å². The summed E-state index contributed by atoms with van der Waals surface area (Å²) in [4.78, 5) is 29.3. The van der Waals surface area contributed by atoms with Crippen LogP contribution in [-0.4, -0.2) is 36.4 Å². The second-order valence-corrected chi connectivity index (χ2v) is 9.77. The molecule has 0 aliphatic heterocycles. The number of nitrogens with two attached hydrogens (primary N) is 1. The standard InChI is InChI=1S/C21H20F2IN7O2S/c1-9-12(7-26-30(9)3)11-6-14(19(22)23)28-21-16(11)17(18(34-21)20(25)33)29-15(32)4-5-31-10(2)13(24)8-27-31/h6-8,19H,4-5H2,1-3H3,(H2,25,33)(H,29,32). The van der Waals surface area contributed by atoms with Crippen molar-refractivity contribution in [3.05, 3.63) is 44.0 Å². The molecule has 0 saturated heterocycles. The molecule has 4 aromatic rings. The molecule has 4 aromatic heterocycles. The summed E-state index contributed by atoms with van der Waals surface area (Å²) in [5.41, 5.74) is 7.93. The lowest BCUT2D eigenvalue weighted by atomic mass is 10.0. The Bertz CT molecular complexity index is 1430. The number of alkyl halides is 2. The van der Waals surface area contributed by atoms with Crippen molar-refractivity contribution in [2.75, 3.05) is 5.32 Å². The van der Waals surface area contributed by atoms with Gasteiger partial charge in [-0.2, -0.15) is 10.2 Å². The van der Waals surface area contributed by atoms with Gasteiger partial charge in [-0.15, -0.1) is 11.3 Å². The van der Waals surface area contributed by atoms with Crippen LogP contribution in [0.1, 0.15) is 39.6 Å². The summed E-state index contributed by atoms with van der Waals surface area (Å²) < 4.78 is 31.5. The Morgan fingerprint density at radius 1 is 1.21 bits per heavy atom. The fourth-order valence-corrected chi connectivity index (χ4v) is 4.97. The van der Waals surface area contributed by atoms with Crippen molar-refractivity contribution in [1.82, 2.24) is 24.5 Å². The Kier molecular flexibility index (Phi) is 6.66. The molecule has 4 rings (SSSR count). The minimum Gasteiger partial charge on any atom is -0.365 e. The number of thiophene rings is 1. The zero-order valence-corrected chi connectivity index (χ0v) is 21.4. The third kappa shape index (κ3) is 4.41. The minimum atomic E-state index is -2.82. The van der Waals surface area contributed by atoms with Crippen molar-refractivity contribution in [2.24, 2.45) is 12.8 Å². The lowest BCUT2D eigenvalue weighted by Gasteiger charge is -2.11. The van der Waals surface area contributed by atoms with E-state index in [2.05, 4.69) is 43.1 Å². The number of primary amides is 1. The van der Waals surface area contributed by atoms with Crippen LogP contribution in [0.2, 0.25) is 0 Å². The number of halogens is 3. The van der Waals surface area contributed by atoms with Crippen molar-refractivity contribution in [3.63, 3.8) is 0 Å². The molecular weight excluding hydrogens is 579 g/mol. The monoisotopic (exact) mass is 599 g/mol. The molecule has 0 spiro atoms. The van der Waals surface area contributed by atoms with Crippen LogP contribution in [0.15, 0.2) is 18.5 Å². The number of rotatable bonds is 7. The first-order valence-electron chi connectivity index (χ1n) is 10.1. The molecule has 13 heteroatoms. The second kappa shape index (κ2) is 9.37. The van der Waals surface area contributed by atoms with Crippen LogP contribution in [0.5, 0.6) is 0 Å². The largest absolute Gasteiger partial charge is 0.365 e. The number of carbonyl (C=O) groups is 2. The maximum atomic E-state index is 13.6. The molecule has 34 heavy (non-hydrogen) atoms. The first-order valence-corrected chi connectivity index (χ1v) is 12.0. The highest BCUT2D eigenvalue weighted by Crippen LogP contribution is 2.43. The molecule has 0 aliphatic carbocycles. The van der Waals surface area contributed by atoms with Crippen LogP contribution in [-0.2, 0) is 18.4 Å². The van der Waals surface area contributed by atoms with Crippen molar-refractivity contribution >= 4 is 61.6 Å². The van der Waals surface area contributed by atoms with Crippen LogP contribution in [0.4, 0.5) is 14.5 Å². The second-order valence-electron chi connectivity index (χ2n) is 7.61. The maximum Gasteiger partial charge on any atom is 0.280 e. The van der Waals surface area contributed by atoms with Crippen LogP contribution in [0.3, 0.4) is 0 Å². The predicted octanol–water partition coefficient (Wildman–Crippen LogP) is 4.18.